The maximum atomic E-state index is 12.6. The minimum atomic E-state index is 0.00895. The fourth-order valence-corrected chi connectivity index (χ4v) is 2.80. The second kappa shape index (κ2) is 7.25. The van der Waals surface area contributed by atoms with Crippen LogP contribution in [0.4, 0.5) is 0 Å². The van der Waals surface area contributed by atoms with Crippen LogP contribution in [-0.2, 0) is 6.42 Å². The van der Waals surface area contributed by atoms with Gasteiger partial charge in [-0.05, 0) is 43.5 Å². The minimum Gasteiger partial charge on any atom is -0.341 e. The first kappa shape index (κ1) is 16.8. The first-order valence-corrected chi connectivity index (χ1v) is 8.17. The van der Waals surface area contributed by atoms with Crippen molar-refractivity contribution < 1.29 is 4.79 Å². The number of hydrogen-bond donors (Lipinski definition) is 1. The predicted octanol–water partition coefficient (Wildman–Crippen LogP) is 2.80. The van der Waals surface area contributed by atoms with Crippen molar-refractivity contribution in [2.75, 3.05) is 13.6 Å². The zero-order chi connectivity index (χ0) is 17.8. The third-order valence-corrected chi connectivity index (χ3v) is 4.35. The van der Waals surface area contributed by atoms with Gasteiger partial charge in [-0.3, -0.25) is 9.89 Å². The summed E-state index contributed by atoms with van der Waals surface area (Å²) in [7, 11) is 1.83. The number of rotatable bonds is 5. The van der Waals surface area contributed by atoms with E-state index in [1.807, 2.05) is 45.2 Å². The quantitative estimate of drug-likeness (QED) is 0.778. The summed E-state index contributed by atoms with van der Waals surface area (Å²) in [4.78, 5) is 22.4. The summed E-state index contributed by atoms with van der Waals surface area (Å²) in [6, 6.07) is 7.53. The highest BCUT2D eigenvalue weighted by Crippen LogP contribution is 2.18. The van der Waals surface area contributed by atoms with Gasteiger partial charge < -0.3 is 4.90 Å². The van der Waals surface area contributed by atoms with E-state index in [4.69, 9.17) is 0 Å². The molecule has 0 atom stereocenters. The molecule has 2 heterocycles. The van der Waals surface area contributed by atoms with Crippen LogP contribution in [0.3, 0.4) is 0 Å². The molecule has 0 unspecified atom stereocenters. The average Bonchev–Trinajstić information content (AvgIpc) is 2.98. The van der Waals surface area contributed by atoms with E-state index in [9.17, 15) is 4.79 Å². The molecule has 6 heteroatoms. The zero-order valence-corrected chi connectivity index (χ0v) is 14.7. The second-order valence-corrected chi connectivity index (χ2v) is 6.09. The van der Waals surface area contributed by atoms with E-state index in [0.29, 0.717) is 12.1 Å². The Labute approximate surface area is 146 Å². The Balaban J connectivity index is 1.66. The fraction of sp³-hybridized carbons (Fsp3) is 0.263. The van der Waals surface area contributed by atoms with E-state index in [1.54, 1.807) is 17.3 Å². The Bertz CT molecular complexity index is 836. The molecule has 0 aliphatic rings. The summed E-state index contributed by atoms with van der Waals surface area (Å²) in [5.41, 5.74) is 5.83. The number of H-pyrrole nitrogens is 1. The van der Waals surface area contributed by atoms with Crippen LogP contribution < -0.4 is 0 Å². The number of amides is 1. The molecule has 0 radical (unpaired) electrons. The molecule has 3 rings (SSSR count). The molecule has 3 aromatic rings. The molecule has 1 aromatic carbocycles. The fourth-order valence-electron chi connectivity index (χ4n) is 2.80. The second-order valence-electron chi connectivity index (χ2n) is 6.09. The Morgan fingerprint density at radius 3 is 2.36 bits per heavy atom. The van der Waals surface area contributed by atoms with Crippen molar-refractivity contribution in [3.63, 3.8) is 0 Å². The number of nitrogens with zero attached hydrogens (tertiary/aromatic N) is 4. The molecule has 0 aliphatic heterocycles. The van der Waals surface area contributed by atoms with Crippen molar-refractivity contribution in [3.05, 3.63) is 65.5 Å². The molecular weight excluding hydrogens is 314 g/mol. The lowest BCUT2D eigenvalue weighted by Gasteiger charge is -2.17. The molecule has 0 fully saturated rings. The molecule has 0 saturated heterocycles. The van der Waals surface area contributed by atoms with Gasteiger partial charge in [-0.15, -0.1) is 0 Å². The highest BCUT2D eigenvalue weighted by molar-refractivity contribution is 5.94. The number of aromatic nitrogens is 4. The van der Waals surface area contributed by atoms with E-state index in [1.165, 1.54) is 11.9 Å². The molecule has 0 bridgehead atoms. The third kappa shape index (κ3) is 3.74. The number of carbonyl (C=O) groups excluding carboxylic acids is 1. The molecule has 1 N–H and O–H groups in total. The molecular formula is C19H21N5O. The largest absolute Gasteiger partial charge is 0.341 e. The van der Waals surface area contributed by atoms with Crippen LogP contribution >= 0.6 is 0 Å². The molecule has 128 valence electrons. The third-order valence-electron chi connectivity index (χ3n) is 4.35. The van der Waals surface area contributed by atoms with Crippen LogP contribution in [0.2, 0.25) is 0 Å². The normalized spacial score (nSPS) is 10.7. The highest BCUT2D eigenvalue weighted by atomic mass is 16.2. The van der Waals surface area contributed by atoms with Gasteiger partial charge in [0.2, 0.25) is 0 Å². The van der Waals surface area contributed by atoms with Gasteiger partial charge >= 0.3 is 0 Å². The van der Waals surface area contributed by atoms with Gasteiger partial charge in [0.1, 0.15) is 6.33 Å². The van der Waals surface area contributed by atoms with Crippen LogP contribution in [0.5, 0.6) is 0 Å². The van der Waals surface area contributed by atoms with E-state index in [0.717, 1.165) is 28.9 Å². The van der Waals surface area contributed by atoms with Gasteiger partial charge in [0.25, 0.3) is 5.91 Å². The number of likely N-dealkylation sites (N-methyl/N-ethyl adjacent to an activating group) is 1. The molecule has 6 nitrogen and oxygen atoms in total. The Hall–Kier alpha value is -3.02. The lowest BCUT2D eigenvalue weighted by atomic mass is 10.1. The van der Waals surface area contributed by atoms with Crippen LogP contribution in [0.1, 0.15) is 27.3 Å². The van der Waals surface area contributed by atoms with Crippen LogP contribution in [0.25, 0.3) is 11.1 Å². The van der Waals surface area contributed by atoms with Crippen LogP contribution in [0, 0.1) is 13.8 Å². The SMILES string of the molecule is Cc1n[nH]c(C)c1CCN(C)C(=O)c1ccc(-c2cncnc2)cc1. The summed E-state index contributed by atoms with van der Waals surface area (Å²) in [5.74, 6) is 0.00895. The standard InChI is InChI=1S/C19H21N5O/c1-13-18(14(2)23-22-13)8-9-24(3)19(25)16-6-4-15(5-7-16)17-10-20-12-21-11-17/h4-7,10-12H,8-9H2,1-3H3,(H,22,23). The van der Waals surface area contributed by atoms with Crippen molar-refractivity contribution in [2.45, 2.75) is 20.3 Å². The van der Waals surface area contributed by atoms with E-state index >= 15 is 0 Å². The number of benzene rings is 1. The zero-order valence-electron chi connectivity index (χ0n) is 14.7. The van der Waals surface area contributed by atoms with Gasteiger partial charge in [0.15, 0.2) is 0 Å². The van der Waals surface area contributed by atoms with Gasteiger partial charge in [-0.25, -0.2) is 9.97 Å². The Morgan fingerprint density at radius 1 is 1.08 bits per heavy atom. The van der Waals surface area contributed by atoms with Gasteiger partial charge in [0, 0.05) is 42.8 Å². The van der Waals surface area contributed by atoms with E-state index < -0.39 is 0 Å². The number of hydrogen-bond acceptors (Lipinski definition) is 4. The van der Waals surface area contributed by atoms with Crippen molar-refractivity contribution in [1.29, 1.82) is 0 Å². The summed E-state index contributed by atoms with van der Waals surface area (Å²) in [5, 5.41) is 7.18. The smallest absolute Gasteiger partial charge is 0.253 e. The number of nitrogens with one attached hydrogen (secondary N) is 1. The highest BCUT2D eigenvalue weighted by Gasteiger charge is 2.14. The summed E-state index contributed by atoms with van der Waals surface area (Å²) in [6.45, 7) is 4.63. The van der Waals surface area contributed by atoms with E-state index in [-0.39, 0.29) is 5.91 Å². The first-order valence-electron chi connectivity index (χ1n) is 8.17. The summed E-state index contributed by atoms with van der Waals surface area (Å²) in [6.07, 6.45) is 5.80. The molecule has 1 amide bonds. The molecule has 0 spiro atoms. The molecule has 0 aliphatic carbocycles. The molecule has 0 saturated carbocycles. The maximum absolute atomic E-state index is 12.6. The summed E-state index contributed by atoms with van der Waals surface area (Å²) >= 11 is 0. The van der Waals surface area contributed by atoms with Gasteiger partial charge in [-0.2, -0.15) is 5.10 Å². The van der Waals surface area contributed by atoms with Gasteiger partial charge in [0.05, 0.1) is 5.69 Å². The molecule has 2 aromatic heterocycles. The maximum Gasteiger partial charge on any atom is 0.253 e. The van der Waals surface area contributed by atoms with Crippen molar-refractivity contribution >= 4 is 5.91 Å². The first-order chi connectivity index (χ1) is 12.1. The minimum absolute atomic E-state index is 0.00895. The van der Waals surface area contributed by atoms with Gasteiger partial charge in [-0.1, -0.05) is 12.1 Å². The van der Waals surface area contributed by atoms with Crippen molar-refractivity contribution in [2.24, 2.45) is 0 Å². The number of carbonyl (C=O) groups is 1. The Morgan fingerprint density at radius 2 is 1.76 bits per heavy atom. The van der Waals surface area contributed by atoms with Crippen LogP contribution in [0.15, 0.2) is 43.0 Å². The monoisotopic (exact) mass is 335 g/mol. The Kier molecular flexibility index (Phi) is 4.88. The van der Waals surface area contributed by atoms with E-state index in [2.05, 4.69) is 20.2 Å². The van der Waals surface area contributed by atoms with Crippen molar-refractivity contribution in [3.8, 4) is 11.1 Å². The topological polar surface area (TPSA) is 74.8 Å². The average molecular weight is 335 g/mol. The number of aromatic amines is 1. The van der Waals surface area contributed by atoms with Crippen LogP contribution in [-0.4, -0.2) is 44.6 Å². The predicted molar refractivity (Wildman–Crippen MR) is 96.2 cm³/mol. The molecule has 25 heavy (non-hydrogen) atoms. The lowest BCUT2D eigenvalue weighted by molar-refractivity contribution is 0.0796. The number of aryl methyl sites for hydroxylation is 2. The summed E-state index contributed by atoms with van der Waals surface area (Å²) < 4.78 is 0. The van der Waals surface area contributed by atoms with Crippen molar-refractivity contribution in [1.82, 2.24) is 25.1 Å². The lowest BCUT2D eigenvalue weighted by Crippen LogP contribution is -2.29.